The Bertz CT molecular complexity index is 476. The highest BCUT2D eigenvalue weighted by atomic mass is 14.6. The lowest BCUT2D eigenvalue weighted by molar-refractivity contribution is 0.661. The summed E-state index contributed by atoms with van der Waals surface area (Å²) in [5.74, 6) is 0. The minimum absolute atomic E-state index is 0.195. The van der Waals surface area contributed by atoms with Gasteiger partial charge >= 0.3 is 0 Å². The van der Waals surface area contributed by atoms with Crippen molar-refractivity contribution in [3.05, 3.63) is 71.3 Å². The lowest BCUT2D eigenvalue weighted by Crippen LogP contribution is -2.26. The van der Waals surface area contributed by atoms with Crippen LogP contribution in [0.2, 0.25) is 0 Å². The van der Waals surface area contributed by atoms with Gasteiger partial charge < -0.3 is 5.73 Å². The zero-order valence-electron chi connectivity index (χ0n) is 11.0. The molecule has 0 radical (unpaired) electrons. The lowest BCUT2D eigenvalue weighted by atomic mass is 9.95. The van der Waals surface area contributed by atoms with E-state index in [4.69, 9.17) is 5.73 Å². The Balaban J connectivity index is 2.01. The quantitative estimate of drug-likeness (QED) is 0.850. The van der Waals surface area contributed by atoms with E-state index in [1.165, 1.54) is 16.7 Å². The van der Waals surface area contributed by atoms with E-state index in [0.717, 1.165) is 19.3 Å². The van der Waals surface area contributed by atoms with Gasteiger partial charge in [-0.3, -0.25) is 0 Å². The van der Waals surface area contributed by atoms with E-state index in [2.05, 4.69) is 55.5 Å². The molecule has 0 aliphatic rings. The van der Waals surface area contributed by atoms with Gasteiger partial charge in [0.15, 0.2) is 0 Å². The molecule has 1 unspecified atom stereocenters. The molecule has 0 saturated heterocycles. The third-order valence-corrected chi connectivity index (χ3v) is 3.32. The lowest BCUT2D eigenvalue weighted by Gasteiger charge is -2.14. The van der Waals surface area contributed by atoms with Gasteiger partial charge in [-0.25, -0.2) is 0 Å². The molecule has 94 valence electrons. The van der Waals surface area contributed by atoms with Gasteiger partial charge in [-0.2, -0.15) is 0 Å². The van der Waals surface area contributed by atoms with Crippen molar-refractivity contribution in [2.24, 2.45) is 5.73 Å². The first-order valence-corrected chi connectivity index (χ1v) is 6.66. The molecule has 0 aliphatic heterocycles. The molecular formula is C17H21N. The number of hydrogen-bond acceptors (Lipinski definition) is 1. The second-order valence-corrected chi connectivity index (χ2v) is 4.78. The Morgan fingerprint density at radius 2 is 1.44 bits per heavy atom. The summed E-state index contributed by atoms with van der Waals surface area (Å²) in [6, 6.07) is 19.3. The average molecular weight is 239 g/mol. The van der Waals surface area contributed by atoms with Crippen LogP contribution in [0.25, 0.3) is 0 Å². The van der Waals surface area contributed by atoms with Gasteiger partial charge in [0.1, 0.15) is 0 Å². The maximum absolute atomic E-state index is 6.26. The third kappa shape index (κ3) is 3.44. The molecule has 0 aromatic heterocycles. The van der Waals surface area contributed by atoms with Crippen molar-refractivity contribution in [1.29, 1.82) is 0 Å². The number of benzene rings is 2. The molecule has 2 aromatic carbocycles. The molecule has 1 heteroatoms. The summed E-state index contributed by atoms with van der Waals surface area (Å²) in [6.45, 7) is 2.20. The first kappa shape index (κ1) is 12.8. The van der Waals surface area contributed by atoms with Crippen molar-refractivity contribution in [2.45, 2.75) is 32.2 Å². The maximum atomic E-state index is 6.26. The van der Waals surface area contributed by atoms with Crippen LogP contribution in [-0.2, 0) is 19.3 Å². The van der Waals surface area contributed by atoms with E-state index in [-0.39, 0.29) is 6.04 Å². The molecule has 0 fully saturated rings. The SMILES string of the molecule is CCc1ccccc1CC(N)Cc1ccccc1. The standard InChI is InChI=1S/C17H21N/c1-2-15-10-6-7-11-16(15)13-17(18)12-14-8-4-3-5-9-14/h3-11,17H,2,12-13,18H2,1H3. The molecule has 0 saturated carbocycles. The maximum Gasteiger partial charge on any atom is 0.0120 e. The summed E-state index contributed by atoms with van der Waals surface area (Å²) in [5, 5.41) is 0. The van der Waals surface area contributed by atoms with Crippen molar-refractivity contribution in [2.75, 3.05) is 0 Å². The topological polar surface area (TPSA) is 26.0 Å². The van der Waals surface area contributed by atoms with Crippen LogP contribution in [0.3, 0.4) is 0 Å². The molecule has 2 N–H and O–H groups in total. The zero-order chi connectivity index (χ0) is 12.8. The number of aryl methyl sites for hydroxylation is 1. The summed E-state index contributed by atoms with van der Waals surface area (Å²) in [5.41, 5.74) is 10.4. The van der Waals surface area contributed by atoms with Gasteiger partial charge in [0, 0.05) is 6.04 Å². The summed E-state index contributed by atoms with van der Waals surface area (Å²) in [7, 11) is 0. The average Bonchev–Trinajstić information content (AvgIpc) is 2.40. The predicted molar refractivity (Wildman–Crippen MR) is 77.6 cm³/mol. The Kier molecular flexibility index (Phi) is 4.54. The molecule has 1 nitrogen and oxygen atoms in total. The molecule has 0 aliphatic carbocycles. The fourth-order valence-corrected chi connectivity index (χ4v) is 2.37. The van der Waals surface area contributed by atoms with E-state index in [1.807, 2.05) is 6.07 Å². The van der Waals surface area contributed by atoms with Crippen molar-refractivity contribution in [3.63, 3.8) is 0 Å². The van der Waals surface area contributed by atoms with Crippen LogP contribution in [0, 0.1) is 0 Å². The van der Waals surface area contributed by atoms with E-state index < -0.39 is 0 Å². The largest absolute Gasteiger partial charge is 0.327 e. The second kappa shape index (κ2) is 6.36. The molecule has 18 heavy (non-hydrogen) atoms. The van der Waals surface area contributed by atoms with Crippen molar-refractivity contribution in [3.8, 4) is 0 Å². The monoisotopic (exact) mass is 239 g/mol. The van der Waals surface area contributed by atoms with Crippen LogP contribution in [0.4, 0.5) is 0 Å². The predicted octanol–water partition coefficient (Wildman–Crippen LogP) is 3.36. The van der Waals surface area contributed by atoms with E-state index >= 15 is 0 Å². The zero-order valence-corrected chi connectivity index (χ0v) is 11.0. The number of nitrogens with two attached hydrogens (primary N) is 1. The van der Waals surface area contributed by atoms with E-state index in [9.17, 15) is 0 Å². The minimum Gasteiger partial charge on any atom is -0.327 e. The number of hydrogen-bond donors (Lipinski definition) is 1. The van der Waals surface area contributed by atoms with E-state index in [1.54, 1.807) is 0 Å². The fourth-order valence-electron chi connectivity index (χ4n) is 2.37. The van der Waals surface area contributed by atoms with Crippen molar-refractivity contribution >= 4 is 0 Å². The summed E-state index contributed by atoms with van der Waals surface area (Å²) in [4.78, 5) is 0. The van der Waals surface area contributed by atoms with Crippen LogP contribution >= 0.6 is 0 Å². The highest BCUT2D eigenvalue weighted by Crippen LogP contribution is 2.13. The normalized spacial score (nSPS) is 12.3. The summed E-state index contributed by atoms with van der Waals surface area (Å²) < 4.78 is 0. The molecule has 2 aromatic rings. The molecular weight excluding hydrogens is 218 g/mol. The van der Waals surface area contributed by atoms with Gasteiger partial charge in [0.05, 0.1) is 0 Å². The summed E-state index contributed by atoms with van der Waals surface area (Å²) in [6.07, 6.45) is 2.98. The second-order valence-electron chi connectivity index (χ2n) is 4.78. The third-order valence-electron chi connectivity index (χ3n) is 3.32. The molecule has 0 amide bonds. The number of rotatable bonds is 5. The fraction of sp³-hybridized carbons (Fsp3) is 0.294. The smallest absolute Gasteiger partial charge is 0.0120 e. The molecule has 0 heterocycles. The first-order valence-electron chi connectivity index (χ1n) is 6.66. The molecule has 0 bridgehead atoms. The van der Waals surface area contributed by atoms with Crippen LogP contribution in [0.15, 0.2) is 54.6 Å². The Hall–Kier alpha value is -1.60. The van der Waals surface area contributed by atoms with Gasteiger partial charge in [0.25, 0.3) is 0 Å². The molecule has 0 spiro atoms. The van der Waals surface area contributed by atoms with Crippen LogP contribution in [0.5, 0.6) is 0 Å². The van der Waals surface area contributed by atoms with E-state index in [0.29, 0.717) is 0 Å². The Morgan fingerprint density at radius 3 is 2.11 bits per heavy atom. The van der Waals surface area contributed by atoms with Gasteiger partial charge in [-0.1, -0.05) is 61.5 Å². The van der Waals surface area contributed by atoms with Crippen LogP contribution < -0.4 is 5.73 Å². The van der Waals surface area contributed by atoms with Crippen LogP contribution in [0.1, 0.15) is 23.6 Å². The molecule has 1 atom stereocenters. The molecule has 2 rings (SSSR count). The van der Waals surface area contributed by atoms with Crippen LogP contribution in [-0.4, -0.2) is 6.04 Å². The summed E-state index contributed by atoms with van der Waals surface area (Å²) >= 11 is 0. The first-order chi connectivity index (χ1) is 8.79. The minimum atomic E-state index is 0.195. The Labute approximate surface area is 110 Å². The van der Waals surface area contributed by atoms with Gasteiger partial charge in [-0.15, -0.1) is 0 Å². The highest BCUT2D eigenvalue weighted by molar-refractivity contribution is 5.28. The van der Waals surface area contributed by atoms with Crippen molar-refractivity contribution in [1.82, 2.24) is 0 Å². The van der Waals surface area contributed by atoms with Gasteiger partial charge in [-0.05, 0) is 36.0 Å². The Morgan fingerprint density at radius 1 is 0.833 bits per heavy atom. The highest BCUT2D eigenvalue weighted by Gasteiger charge is 2.07. The van der Waals surface area contributed by atoms with Crippen molar-refractivity contribution < 1.29 is 0 Å². The van der Waals surface area contributed by atoms with Gasteiger partial charge in [0.2, 0.25) is 0 Å².